The highest BCUT2D eigenvalue weighted by Crippen LogP contribution is 2.24. The van der Waals surface area contributed by atoms with Crippen LogP contribution in [-0.4, -0.2) is 36.5 Å². The average molecular weight is 463 g/mol. The highest BCUT2D eigenvalue weighted by Gasteiger charge is 2.22. The number of hydrogen-bond donors (Lipinski definition) is 2. The summed E-state index contributed by atoms with van der Waals surface area (Å²) in [5, 5.41) is 12.2. The van der Waals surface area contributed by atoms with Crippen LogP contribution in [0.2, 0.25) is 0 Å². The fraction of sp³-hybridized carbons (Fsp3) is 0.158. The molecule has 0 aliphatic heterocycles. The lowest BCUT2D eigenvalue weighted by Gasteiger charge is -2.25. The molecule has 1 unspecified atom stereocenters. The number of amides is 1. The third-order valence-electron chi connectivity index (χ3n) is 4.52. The van der Waals surface area contributed by atoms with Gasteiger partial charge in [-0.2, -0.15) is 5.10 Å². The van der Waals surface area contributed by atoms with Crippen LogP contribution in [0.4, 0.5) is 0 Å². The van der Waals surface area contributed by atoms with Crippen LogP contribution in [0.1, 0.15) is 29.0 Å². The molecule has 0 bridgehead atoms. The van der Waals surface area contributed by atoms with Gasteiger partial charge in [-0.25, -0.2) is 13.6 Å². The van der Waals surface area contributed by atoms with Crippen molar-refractivity contribution < 1.29 is 13.2 Å². The molecule has 0 fully saturated rings. The van der Waals surface area contributed by atoms with E-state index in [2.05, 4.69) is 26.1 Å². The minimum absolute atomic E-state index is 0.0109. The molecule has 0 saturated carbocycles. The van der Waals surface area contributed by atoms with E-state index in [4.69, 9.17) is 5.14 Å². The van der Waals surface area contributed by atoms with Crippen molar-refractivity contribution in [1.82, 2.24) is 15.1 Å². The first-order valence-corrected chi connectivity index (χ1v) is 10.7. The Morgan fingerprint density at radius 3 is 2.50 bits per heavy atom. The SMILES string of the molecule is CC(c1cccc(S(N)(=O)=O)c1)N(C)C(=O)c1cc(-c2ccc(Br)cc2)n[nH]1. The van der Waals surface area contributed by atoms with Crippen LogP contribution >= 0.6 is 15.9 Å². The number of aromatic amines is 1. The number of aromatic nitrogens is 2. The molecule has 1 heterocycles. The van der Waals surface area contributed by atoms with Crippen molar-refractivity contribution in [3.8, 4) is 11.3 Å². The molecule has 7 nitrogen and oxygen atoms in total. The molecule has 1 aromatic heterocycles. The molecular formula is C19H19BrN4O3S. The molecule has 1 atom stereocenters. The van der Waals surface area contributed by atoms with Crippen molar-refractivity contribution in [3.05, 3.63) is 70.3 Å². The summed E-state index contributed by atoms with van der Waals surface area (Å²) in [5.74, 6) is -0.260. The van der Waals surface area contributed by atoms with Gasteiger partial charge in [0.25, 0.3) is 5.91 Å². The summed E-state index contributed by atoms with van der Waals surface area (Å²) in [6.07, 6.45) is 0. The van der Waals surface area contributed by atoms with Crippen molar-refractivity contribution >= 4 is 31.9 Å². The number of benzene rings is 2. The second-order valence-corrected chi connectivity index (χ2v) is 8.86. The lowest BCUT2D eigenvalue weighted by Crippen LogP contribution is -2.30. The normalized spacial score (nSPS) is 12.6. The van der Waals surface area contributed by atoms with Crippen LogP contribution in [-0.2, 0) is 10.0 Å². The molecule has 146 valence electrons. The number of primary sulfonamides is 1. The molecule has 3 rings (SSSR count). The number of hydrogen-bond acceptors (Lipinski definition) is 4. The van der Waals surface area contributed by atoms with Crippen LogP contribution in [0.25, 0.3) is 11.3 Å². The Balaban J connectivity index is 1.82. The number of carbonyl (C=O) groups excluding carboxylic acids is 1. The standard InChI is InChI=1S/C19H19BrN4O3S/c1-12(14-4-3-5-16(10-14)28(21,26)27)24(2)19(25)18-11-17(22-23-18)13-6-8-15(20)9-7-13/h3-12H,1-2H3,(H,22,23)(H2,21,26,27). The first kappa shape index (κ1) is 20.2. The van der Waals surface area contributed by atoms with E-state index in [1.165, 1.54) is 17.0 Å². The van der Waals surface area contributed by atoms with E-state index in [0.29, 0.717) is 17.0 Å². The summed E-state index contributed by atoms with van der Waals surface area (Å²) >= 11 is 3.39. The van der Waals surface area contributed by atoms with E-state index < -0.39 is 10.0 Å². The minimum atomic E-state index is -3.81. The Morgan fingerprint density at radius 2 is 1.86 bits per heavy atom. The van der Waals surface area contributed by atoms with E-state index in [1.807, 2.05) is 31.2 Å². The third kappa shape index (κ3) is 4.32. The number of nitrogens with zero attached hydrogens (tertiary/aromatic N) is 2. The maximum atomic E-state index is 12.8. The molecule has 0 aliphatic carbocycles. The number of sulfonamides is 1. The van der Waals surface area contributed by atoms with Crippen LogP contribution in [0.3, 0.4) is 0 Å². The maximum Gasteiger partial charge on any atom is 0.272 e. The van der Waals surface area contributed by atoms with Gasteiger partial charge in [0.15, 0.2) is 0 Å². The van der Waals surface area contributed by atoms with Crippen molar-refractivity contribution in [2.75, 3.05) is 7.05 Å². The Hall–Kier alpha value is -2.49. The van der Waals surface area contributed by atoms with Crippen molar-refractivity contribution in [2.45, 2.75) is 17.9 Å². The average Bonchev–Trinajstić information content (AvgIpc) is 3.16. The van der Waals surface area contributed by atoms with Gasteiger partial charge >= 0.3 is 0 Å². The van der Waals surface area contributed by atoms with Gasteiger partial charge in [-0.15, -0.1) is 0 Å². The number of carbonyl (C=O) groups is 1. The van der Waals surface area contributed by atoms with Crippen LogP contribution in [0, 0.1) is 0 Å². The number of halogens is 1. The quantitative estimate of drug-likeness (QED) is 0.605. The molecule has 3 aromatic rings. The Morgan fingerprint density at radius 1 is 1.18 bits per heavy atom. The monoisotopic (exact) mass is 462 g/mol. The highest BCUT2D eigenvalue weighted by molar-refractivity contribution is 9.10. The molecule has 9 heteroatoms. The van der Waals surface area contributed by atoms with Crippen LogP contribution in [0.15, 0.2) is 64.0 Å². The summed E-state index contributed by atoms with van der Waals surface area (Å²) in [7, 11) is -2.16. The van der Waals surface area contributed by atoms with E-state index >= 15 is 0 Å². The number of nitrogens with one attached hydrogen (secondary N) is 1. The predicted molar refractivity (Wildman–Crippen MR) is 110 cm³/mol. The Kier molecular flexibility index (Phi) is 5.69. The van der Waals surface area contributed by atoms with E-state index in [-0.39, 0.29) is 16.8 Å². The topological polar surface area (TPSA) is 109 Å². The summed E-state index contributed by atoms with van der Waals surface area (Å²) in [6.45, 7) is 1.81. The van der Waals surface area contributed by atoms with Gasteiger partial charge in [0.2, 0.25) is 10.0 Å². The van der Waals surface area contributed by atoms with E-state index in [9.17, 15) is 13.2 Å². The third-order valence-corrected chi connectivity index (χ3v) is 5.96. The predicted octanol–water partition coefficient (Wildman–Crippen LogP) is 3.32. The molecule has 0 saturated heterocycles. The van der Waals surface area contributed by atoms with Gasteiger partial charge in [-0.05, 0) is 42.8 Å². The van der Waals surface area contributed by atoms with Gasteiger partial charge in [0, 0.05) is 17.1 Å². The van der Waals surface area contributed by atoms with E-state index in [0.717, 1.165) is 10.0 Å². The van der Waals surface area contributed by atoms with Crippen molar-refractivity contribution in [1.29, 1.82) is 0 Å². The highest BCUT2D eigenvalue weighted by atomic mass is 79.9. The number of nitrogens with two attached hydrogens (primary N) is 1. The second-order valence-electron chi connectivity index (χ2n) is 6.38. The smallest absolute Gasteiger partial charge is 0.272 e. The first-order chi connectivity index (χ1) is 13.2. The fourth-order valence-corrected chi connectivity index (χ4v) is 3.57. The van der Waals surface area contributed by atoms with Gasteiger partial charge < -0.3 is 4.90 Å². The maximum absolute atomic E-state index is 12.8. The fourth-order valence-electron chi connectivity index (χ4n) is 2.74. The Labute approximate surface area is 171 Å². The molecule has 28 heavy (non-hydrogen) atoms. The van der Waals surface area contributed by atoms with Crippen molar-refractivity contribution in [2.24, 2.45) is 5.14 Å². The number of H-pyrrole nitrogens is 1. The summed E-state index contributed by atoms with van der Waals surface area (Å²) in [4.78, 5) is 14.4. The van der Waals surface area contributed by atoms with E-state index in [1.54, 1.807) is 25.2 Å². The number of rotatable bonds is 5. The lowest BCUT2D eigenvalue weighted by molar-refractivity contribution is 0.0736. The molecule has 0 aliphatic rings. The van der Waals surface area contributed by atoms with Gasteiger partial charge in [-0.3, -0.25) is 9.89 Å². The minimum Gasteiger partial charge on any atom is -0.334 e. The zero-order valence-electron chi connectivity index (χ0n) is 15.3. The first-order valence-electron chi connectivity index (χ1n) is 8.38. The van der Waals surface area contributed by atoms with Gasteiger partial charge in [0.1, 0.15) is 5.69 Å². The molecule has 0 radical (unpaired) electrons. The molecule has 1 amide bonds. The lowest BCUT2D eigenvalue weighted by atomic mass is 10.1. The molecule has 3 N–H and O–H groups in total. The molecule has 0 spiro atoms. The largest absolute Gasteiger partial charge is 0.334 e. The van der Waals surface area contributed by atoms with Crippen LogP contribution < -0.4 is 5.14 Å². The second kappa shape index (κ2) is 7.86. The Bertz CT molecular complexity index is 1110. The molecular weight excluding hydrogens is 444 g/mol. The summed E-state index contributed by atoms with van der Waals surface area (Å²) in [6, 6.07) is 15.2. The summed E-state index contributed by atoms with van der Waals surface area (Å²) < 4.78 is 24.1. The van der Waals surface area contributed by atoms with Gasteiger partial charge in [-0.1, -0.05) is 40.2 Å². The zero-order valence-corrected chi connectivity index (χ0v) is 17.7. The summed E-state index contributed by atoms with van der Waals surface area (Å²) in [5.41, 5.74) is 2.55. The zero-order chi connectivity index (χ0) is 20.5. The molecule has 2 aromatic carbocycles. The van der Waals surface area contributed by atoms with Crippen molar-refractivity contribution in [3.63, 3.8) is 0 Å². The van der Waals surface area contributed by atoms with Crippen LogP contribution in [0.5, 0.6) is 0 Å². The van der Waals surface area contributed by atoms with Gasteiger partial charge in [0.05, 0.1) is 16.6 Å².